The van der Waals surface area contributed by atoms with Crippen LogP contribution in [0.5, 0.6) is 0 Å². The Kier molecular flexibility index (Phi) is 4.17. The Morgan fingerprint density at radius 1 is 1.08 bits per heavy atom. The normalized spacial score (nSPS) is 19.0. The number of aromatic nitrogens is 3. The van der Waals surface area contributed by atoms with Gasteiger partial charge in [0.15, 0.2) is 12.2 Å². The van der Waals surface area contributed by atoms with Crippen molar-refractivity contribution in [3.63, 3.8) is 0 Å². The number of nitrogens with zero attached hydrogens (tertiary/aromatic N) is 5. The second kappa shape index (κ2) is 6.62. The molecule has 0 bridgehead atoms. The van der Waals surface area contributed by atoms with E-state index in [0.29, 0.717) is 30.2 Å². The van der Waals surface area contributed by atoms with E-state index >= 15 is 0 Å². The molecule has 0 atom stereocenters. The van der Waals surface area contributed by atoms with Gasteiger partial charge in [-0.05, 0) is 25.0 Å². The average molecular weight is 341 g/mol. The Labute approximate surface area is 144 Å². The van der Waals surface area contributed by atoms with E-state index in [1.165, 1.54) is 6.39 Å². The van der Waals surface area contributed by atoms with Crippen LogP contribution in [-0.4, -0.2) is 55.9 Å². The van der Waals surface area contributed by atoms with E-state index in [-0.39, 0.29) is 18.5 Å². The van der Waals surface area contributed by atoms with Gasteiger partial charge in [0.2, 0.25) is 0 Å². The molecule has 0 N–H and O–H groups in total. The van der Waals surface area contributed by atoms with Crippen LogP contribution in [0, 0.1) is 0 Å². The van der Waals surface area contributed by atoms with E-state index in [2.05, 4.69) is 15.2 Å². The van der Waals surface area contributed by atoms with Gasteiger partial charge in [0.1, 0.15) is 5.69 Å². The standard InChI is InChI=1S/C17H19N5O3/c23-16-17(24)22(13-3-1-2-4-13)8-7-21(16)10-12-5-6-14(20-19-12)15-9-18-11-25-15/h5-6,9,11,13H,1-4,7-8,10H2. The second-order valence-corrected chi connectivity index (χ2v) is 6.44. The molecule has 1 aliphatic heterocycles. The third-order valence-corrected chi connectivity index (χ3v) is 4.86. The van der Waals surface area contributed by atoms with Crippen molar-refractivity contribution in [2.24, 2.45) is 0 Å². The molecule has 0 unspecified atom stereocenters. The van der Waals surface area contributed by atoms with Gasteiger partial charge in [-0.1, -0.05) is 12.8 Å². The van der Waals surface area contributed by atoms with Crippen LogP contribution < -0.4 is 0 Å². The maximum Gasteiger partial charge on any atom is 0.312 e. The smallest absolute Gasteiger partial charge is 0.312 e. The highest BCUT2D eigenvalue weighted by Crippen LogP contribution is 2.25. The highest BCUT2D eigenvalue weighted by atomic mass is 16.3. The van der Waals surface area contributed by atoms with E-state index in [1.54, 1.807) is 28.1 Å². The van der Waals surface area contributed by atoms with Crippen molar-refractivity contribution in [2.45, 2.75) is 38.3 Å². The van der Waals surface area contributed by atoms with Crippen LogP contribution >= 0.6 is 0 Å². The molecule has 25 heavy (non-hydrogen) atoms. The first-order valence-corrected chi connectivity index (χ1v) is 8.54. The third kappa shape index (κ3) is 3.11. The Bertz CT molecular complexity index is 753. The molecule has 1 saturated heterocycles. The van der Waals surface area contributed by atoms with Gasteiger partial charge >= 0.3 is 11.8 Å². The molecule has 8 nitrogen and oxygen atoms in total. The van der Waals surface area contributed by atoms with Gasteiger partial charge in [0, 0.05) is 19.1 Å². The third-order valence-electron chi connectivity index (χ3n) is 4.86. The van der Waals surface area contributed by atoms with Gasteiger partial charge < -0.3 is 14.2 Å². The topological polar surface area (TPSA) is 92.4 Å². The van der Waals surface area contributed by atoms with Crippen molar-refractivity contribution < 1.29 is 14.0 Å². The molecule has 1 aliphatic carbocycles. The molecule has 0 aromatic carbocycles. The molecule has 2 aliphatic rings. The van der Waals surface area contributed by atoms with Gasteiger partial charge in [-0.2, -0.15) is 5.10 Å². The number of amides is 2. The number of carbonyl (C=O) groups excluding carboxylic acids is 2. The Balaban J connectivity index is 1.41. The number of piperazine rings is 1. The predicted octanol–water partition coefficient (Wildman–Crippen LogP) is 1.24. The summed E-state index contributed by atoms with van der Waals surface area (Å²) in [7, 11) is 0. The zero-order valence-electron chi connectivity index (χ0n) is 13.8. The van der Waals surface area contributed by atoms with Gasteiger partial charge in [-0.25, -0.2) is 4.98 Å². The number of rotatable bonds is 4. The highest BCUT2D eigenvalue weighted by molar-refractivity contribution is 6.35. The molecule has 2 aromatic heterocycles. The van der Waals surface area contributed by atoms with Crippen LogP contribution in [0.4, 0.5) is 0 Å². The van der Waals surface area contributed by atoms with E-state index in [4.69, 9.17) is 4.42 Å². The van der Waals surface area contributed by atoms with Crippen molar-refractivity contribution in [1.82, 2.24) is 25.0 Å². The SMILES string of the molecule is O=C1C(=O)N(C2CCCC2)CCN1Cc1ccc(-c2cnco2)nn1. The number of hydrogen-bond donors (Lipinski definition) is 0. The largest absolute Gasteiger partial charge is 0.442 e. The van der Waals surface area contributed by atoms with Gasteiger partial charge in [0.25, 0.3) is 0 Å². The van der Waals surface area contributed by atoms with Crippen LogP contribution in [0.1, 0.15) is 31.4 Å². The first-order valence-electron chi connectivity index (χ1n) is 8.54. The van der Waals surface area contributed by atoms with E-state index in [9.17, 15) is 9.59 Å². The quantitative estimate of drug-likeness (QED) is 0.777. The number of oxazole rings is 1. The molecule has 2 aromatic rings. The summed E-state index contributed by atoms with van der Waals surface area (Å²) in [5, 5.41) is 8.22. The molecule has 2 fully saturated rings. The summed E-state index contributed by atoms with van der Waals surface area (Å²) >= 11 is 0. The summed E-state index contributed by atoms with van der Waals surface area (Å²) in [6.07, 6.45) is 7.19. The maximum absolute atomic E-state index is 12.4. The van der Waals surface area contributed by atoms with Crippen LogP contribution in [0.25, 0.3) is 11.5 Å². The highest BCUT2D eigenvalue weighted by Gasteiger charge is 2.37. The van der Waals surface area contributed by atoms with Crippen LogP contribution in [0.2, 0.25) is 0 Å². The fraction of sp³-hybridized carbons (Fsp3) is 0.471. The number of hydrogen-bond acceptors (Lipinski definition) is 6. The minimum Gasteiger partial charge on any atom is -0.442 e. The molecular formula is C17H19N5O3. The van der Waals surface area contributed by atoms with Crippen molar-refractivity contribution >= 4 is 11.8 Å². The lowest BCUT2D eigenvalue weighted by Gasteiger charge is -2.36. The molecule has 130 valence electrons. The lowest BCUT2D eigenvalue weighted by molar-refractivity contribution is -0.158. The fourth-order valence-corrected chi connectivity index (χ4v) is 3.52. The van der Waals surface area contributed by atoms with Crippen molar-refractivity contribution in [1.29, 1.82) is 0 Å². The molecule has 0 spiro atoms. The Morgan fingerprint density at radius 3 is 2.60 bits per heavy atom. The number of carbonyl (C=O) groups is 2. The summed E-state index contributed by atoms with van der Waals surface area (Å²) in [5.41, 5.74) is 1.22. The lowest BCUT2D eigenvalue weighted by atomic mass is 10.1. The predicted molar refractivity (Wildman–Crippen MR) is 86.9 cm³/mol. The lowest BCUT2D eigenvalue weighted by Crippen LogP contribution is -2.56. The second-order valence-electron chi connectivity index (χ2n) is 6.44. The maximum atomic E-state index is 12.4. The van der Waals surface area contributed by atoms with Crippen LogP contribution in [0.15, 0.2) is 29.1 Å². The molecule has 3 heterocycles. The molecule has 2 amide bonds. The zero-order chi connectivity index (χ0) is 17.2. The molecular weight excluding hydrogens is 322 g/mol. The van der Waals surface area contributed by atoms with Crippen molar-refractivity contribution in [2.75, 3.05) is 13.1 Å². The molecule has 1 saturated carbocycles. The molecule has 8 heteroatoms. The van der Waals surface area contributed by atoms with Crippen LogP contribution in [-0.2, 0) is 16.1 Å². The van der Waals surface area contributed by atoms with Crippen molar-refractivity contribution in [3.8, 4) is 11.5 Å². The van der Waals surface area contributed by atoms with Crippen LogP contribution in [0.3, 0.4) is 0 Å². The summed E-state index contributed by atoms with van der Waals surface area (Å²) in [6.45, 7) is 1.41. The summed E-state index contributed by atoms with van der Waals surface area (Å²) in [6, 6.07) is 3.79. The van der Waals surface area contributed by atoms with E-state index in [1.807, 2.05) is 0 Å². The monoisotopic (exact) mass is 341 g/mol. The van der Waals surface area contributed by atoms with E-state index in [0.717, 1.165) is 25.7 Å². The van der Waals surface area contributed by atoms with Gasteiger partial charge in [-0.15, -0.1) is 5.10 Å². The van der Waals surface area contributed by atoms with E-state index < -0.39 is 5.91 Å². The van der Waals surface area contributed by atoms with Gasteiger partial charge in [0.05, 0.1) is 18.4 Å². The zero-order valence-corrected chi connectivity index (χ0v) is 13.8. The Hall–Kier alpha value is -2.77. The van der Waals surface area contributed by atoms with Gasteiger partial charge in [-0.3, -0.25) is 9.59 Å². The first-order chi connectivity index (χ1) is 12.2. The summed E-state index contributed by atoms with van der Waals surface area (Å²) < 4.78 is 5.17. The average Bonchev–Trinajstić information content (AvgIpc) is 3.33. The Morgan fingerprint density at radius 2 is 1.92 bits per heavy atom. The fourth-order valence-electron chi connectivity index (χ4n) is 3.52. The first kappa shape index (κ1) is 15.7. The van der Waals surface area contributed by atoms with Crippen molar-refractivity contribution in [3.05, 3.63) is 30.4 Å². The minimum atomic E-state index is -0.445. The molecule has 0 radical (unpaired) electrons. The molecule has 4 rings (SSSR count). The minimum absolute atomic E-state index is 0.236. The summed E-state index contributed by atoms with van der Waals surface area (Å²) in [5.74, 6) is -0.292. The summed E-state index contributed by atoms with van der Waals surface area (Å²) in [4.78, 5) is 32.0.